The summed E-state index contributed by atoms with van der Waals surface area (Å²) in [4.78, 5) is 11.9. The molecule has 2 nitrogen and oxygen atoms in total. The van der Waals surface area contributed by atoms with E-state index in [1.54, 1.807) is 0 Å². The van der Waals surface area contributed by atoms with Crippen LogP contribution in [0.5, 0.6) is 0 Å². The Labute approximate surface area is 122 Å². The smallest absolute Gasteiger partial charge is 0.254 e. The highest BCUT2D eigenvalue weighted by Crippen LogP contribution is 2.27. The minimum Gasteiger partial charge on any atom is -0.352 e. The summed E-state index contributed by atoms with van der Waals surface area (Å²) >= 11 is 11.7. The minimum absolute atomic E-state index is 0.0302. The number of hydrogen-bond donors (Lipinski definition) is 1. The number of carbonyl (C=O) groups is 1. The van der Waals surface area contributed by atoms with Gasteiger partial charge in [-0.1, -0.05) is 18.0 Å². The highest BCUT2D eigenvalue weighted by Gasteiger charge is 2.21. The molecule has 1 aliphatic carbocycles. The Morgan fingerprint density at radius 3 is 2.89 bits per heavy atom. The molecular weight excluding hydrogens is 288 g/mol. The highest BCUT2D eigenvalue weighted by molar-refractivity contribution is 6.30. The Hall–Kier alpha value is -0.800. The van der Waals surface area contributed by atoms with Crippen molar-refractivity contribution < 1.29 is 9.18 Å². The summed E-state index contributed by atoms with van der Waals surface area (Å²) in [5.74, 6) is -0.606. The quantitative estimate of drug-likeness (QED) is 0.840. The van der Waals surface area contributed by atoms with Crippen molar-refractivity contribution in [3.63, 3.8) is 0 Å². The van der Waals surface area contributed by atoms with Crippen LogP contribution in [0.2, 0.25) is 5.02 Å². The fourth-order valence-electron chi connectivity index (χ4n) is 2.42. The van der Waals surface area contributed by atoms with Crippen molar-refractivity contribution in [3.05, 3.63) is 34.6 Å². The summed E-state index contributed by atoms with van der Waals surface area (Å²) in [6.45, 7) is 0.546. The van der Waals surface area contributed by atoms with Crippen LogP contribution in [0.25, 0.3) is 0 Å². The van der Waals surface area contributed by atoms with Gasteiger partial charge in [-0.15, -0.1) is 11.6 Å². The molecule has 1 N–H and O–H groups in total. The van der Waals surface area contributed by atoms with Gasteiger partial charge in [0.25, 0.3) is 5.91 Å². The zero-order chi connectivity index (χ0) is 13.8. The predicted octanol–water partition coefficient (Wildman–Crippen LogP) is 4.01. The molecule has 2 unspecified atom stereocenters. The monoisotopic (exact) mass is 303 g/mol. The highest BCUT2D eigenvalue weighted by atomic mass is 35.5. The molecule has 5 heteroatoms. The Kier molecular flexibility index (Phi) is 5.06. The predicted molar refractivity (Wildman–Crippen MR) is 75.3 cm³/mol. The summed E-state index contributed by atoms with van der Waals surface area (Å²) in [5.41, 5.74) is 0.0302. The first-order valence-electron chi connectivity index (χ1n) is 6.43. The number of alkyl halides is 1. The van der Waals surface area contributed by atoms with Gasteiger partial charge in [-0.3, -0.25) is 4.79 Å². The maximum Gasteiger partial charge on any atom is 0.254 e. The molecule has 104 valence electrons. The Morgan fingerprint density at radius 1 is 1.42 bits per heavy atom. The molecule has 1 aromatic rings. The van der Waals surface area contributed by atoms with E-state index in [9.17, 15) is 9.18 Å². The number of benzene rings is 1. The van der Waals surface area contributed by atoms with Crippen LogP contribution in [0.3, 0.4) is 0 Å². The number of nitrogens with one attached hydrogen (secondary N) is 1. The van der Waals surface area contributed by atoms with Crippen LogP contribution in [-0.4, -0.2) is 17.8 Å². The average Bonchev–Trinajstić information content (AvgIpc) is 2.36. The van der Waals surface area contributed by atoms with Gasteiger partial charge in [0.05, 0.1) is 5.56 Å². The lowest BCUT2D eigenvalue weighted by Gasteiger charge is -2.25. The SMILES string of the molecule is O=C(NCC1CCCC(Cl)C1)c1ccc(Cl)cc1F. The van der Waals surface area contributed by atoms with Gasteiger partial charge in [0.15, 0.2) is 0 Å². The molecule has 1 aromatic carbocycles. The fourth-order valence-corrected chi connectivity index (χ4v) is 2.98. The molecule has 1 amide bonds. The lowest BCUT2D eigenvalue weighted by atomic mass is 9.89. The van der Waals surface area contributed by atoms with Crippen molar-refractivity contribution in [2.24, 2.45) is 5.92 Å². The van der Waals surface area contributed by atoms with E-state index in [0.717, 1.165) is 31.7 Å². The maximum atomic E-state index is 13.6. The third-order valence-electron chi connectivity index (χ3n) is 3.45. The van der Waals surface area contributed by atoms with Crippen molar-refractivity contribution in [1.29, 1.82) is 0 Å². The second-order valence-electron chi connectivity index (χ2n) is 4.96. The zero-order valence-electron chi connectivity index (χ0n) is 10.5. The molecule has 2 atom stereocenters. The molecule has 0 saturated heterocycles. The number of carbonyl (C=O) groups excluding carboxylic acids is 1. The van der Waals surface area contributed by atoms with Crippen molar-refractivity contribution in [1.82, 2.24) is 5.32 Å². The normalized spacial score (nSPS) is 23.1. The average molecular weight is 304 g/mol. The Bertz CT molecular complexity index is 467. The van der Waals surface area contributed by atoms with E-state index in [0.29, 0.717) is 12.5 Å². The Balaban J connectivity index is 1.90. The second kappa shape index (κ2) is 6.58. The number of hydrogen-bond acceptors (Lipinski definition) is 1. The molecule has 0 aromatic heterocycles. The molecule has 0 heterocycles. The van der Waals surface area contributed by atoms with Crippen LogP contribution in [0.4, 0.5) is 4.39 Å². The minimum atomic E-state index is -0.594. The van der Waals surface area contributed by atoms with E-state index in [1.807, 2.05) is 0 Å². The molecule has 0 radical (unpaired) electrons. The zero-order valence-corrected chi connectivity index (χ0v) is 12.0. The van der Waals surface area contributed by atoms with Gasteiger partial charge >= 0.3 is 0 Å². The fraction of sp³-hybridized carbons (Fsp3) is 0.500. The van der Waals surface area contributed by atoms with Gasteiger partial charge in [-0.2, -0.15) is 0 Å². The van der Waals surface area contributed by atoms with Gasteiger partial charge in [0.2, 0.25) is 0 Å². The first-order valence-corrected chi connectivity index (χ1v) is 7.25. The van der Waals surface area contributed by atoms with Crippen molar-refractivity contribution in [3.8, 4) is 0 Å². The van der Waals surface area contributed by atoms with Crippen molar-refractivity contribution >= 4 is 29.1 Å². The van der Waals surface area contributed by atoms with Gasteiger partial charge < -0.3 is 5.32 Å². The van der Waals surface area contributed by atoms with E-state index in [2.05, 4.69) is 5.32 Å². The van der Waals surface area contributed by atoms with E-state index < -0.39 is 11.7 Å². The van der Waals surface area contributed by atoms with Crippen molar-refractivity contribution in [2.45, 2.75) is 31.1 Å². The van der Waals surface area contributed by atoms with Gasteiger partial charge in [-0.05, 0) is 43.4 Å². The number of halogens is 3. The third-order valence-corrected chi connectivity index (χ3v) is 4.08. The van der Waals surface area contributed by atoms with E-state index in [1.165, 1.54) is 12.1 Å². The van der Waals surface area contributed by atoms with Crippen LogP contribution in [0.1, 0.15) is 36.0 Å². The summed E-state index contributed by atoms with van der Waals surface area (Å²) in [6.07, 6.45) is 4.10. The molecule has 0 bridgehead atoms. The van der Waals surface area contributed by atoms with Crippen LogP contribution in [0, 0.1) is 11.7 Å². The molecular formula is C14H16Cl2FNO. The standard InChI is InChI=1S/C14H16Cl2FNO/c15-10-3-1-2-9(6-10)8-18-14(19)12-5-4-11(16)7-13(12)17/h4-5,7,9-10H,1-3,6,8H2,(H,18,19). The summed E-state index contributed by atoms with van der Waals surface area (Å²) in [5, 5.41) is 3.25. The molecule has 19 heavy (non-hydrogen) atoms. The van der Waals surface area contributed by atoms with E-state index in [4.69, 9.17) is 23.2 Å². The molecule has 1 saturated carbocycles. The Morgan fingerprint density at radius 2 is 2.21 bits per heavy atom. The summed E-state index contributed by atoms with van der Waals surface area (Å²) < 4.78 is 13.6. The van der Waals surface area contributed by atoms with Crippen LogP contribution < -0.4 is 5.32 Å². The number of rotatable bonds is 3. The van der Waals surface area contributed by atoms with E-state index in [-0.39, 0.29) is 16.0 Å². The number of amides is 1. The van der Waals surface area contributed by atoms with E-state index >= 15 is 0 Å². The van der Waals surface area contributed by atoms with Gasteiger partial charge in [0.1, 0.15) is 5.82 Å². The van der Waals surface area contributed by atoms with Crippen LogP contribution >= 0.6 is 23.2 Å². The first kappa shape index (κ1) is 14.6. The van der Waals surface area contributed by atoms with Crippen molar-refractivity contribution in [2.75, 3.05) is 6.54 Å². The van der Waals surface area contributed by atoms with Crippen LogP contribution in [-0.2, 0) is 0 Å². The summed E-state index contributed by atoms with van der Waals surface area (Å²) in [7, 11) is 0. The van der Waals surface area contributed by atoms with Gasteiger partial charge in [0, 0.05) is 16.9 Å². The third kappa shape index (κ3) is 4.08. The molecule has 0 spiro atoms. The first-order chi connectivity index (χ1) is 9.06. The molecule has 0 aliphatic heterocycles. The molecule has 2 rings (SSSR count). The largest absolute Gasteiger partial charge is 0.352 e. The lowest BCUT2D eigenvalue weighted by molar-refractivity contribution is 0.0939. The lowest BCUT2D eigenvalue weighted by Crippen LogP contribution is -2.32. The molecule has 1 fully saturated rings. The maximum absolute atomic E-state index is 13.6. The topological polar surface area (TPSA) is 29.1 Å². The van der Waals surface area contributed by atoms with Gasteiger partial charge in [-0.25, -0.2) is 4.39 Å². The molecule has 1 aliphatic rings. The summed E-state index contributed by atoms with van der Waals surface area (Å²) in [6, 6.07) is 4.05. The van der Waals surface area contributed by atoms with Crippen LogP contribution in [0.15, 0.2) is 18.2 Å². The second-order valence-corrected chi connectivity index (χ2v) is 6.02.